The highest BCUT2D eigenvalue weighted by Crippen LogP contribution is 2.06. The van der Waals surface area contributed by atoms with Gasteiger partial charge in [0.1, 0.15) is 11.8 Å². The number of anilines is 1. The number of nitrogens with zero attached hydrogens (tertiary/aromatic N) is 2. The molecule has 1 heterocycles. The first-order chi connectivity index (χ1) is 7.61. The molecule has 0 unspecified atom stereocenters. The van der Waals surface area contributed by atoms with Crippen LogP contribution >= 0.6 is 0 Å². The summed E-state index contributed by atoms with van der Waals surface area (Å²) in [5.74, 6) is -1.41. The first-order valence-electron chi connectivity index (χ1n) is 4.49. The number of hydrogen-bond acceptors (Lipinski definition) is 4. The number of nitriles is 1. The Morgan fingerprint density at radius 1 is 1.44 bits per heavy atom. The van der Waals surface area contributed by atoms with E-state index in [9.17, 15) is 9.59 Å². The smallest absolute Gasteiger partial charge is 0.303 e. The van der Waals surface area contributed by atoms with Gasteiger partial charge in [0.15, 0.2) is 0 Å². The van der Waals surface area contributed by atoms with E-state index in [1.54, 1.807) is 0 Å². The van der Waals surface area contributed by atoms with Crippen LogP contribution in [0.1, 0.15) is 18.5 Å². The number of aromatic nitrogens is 1. The second kappa shape index (κ2) is 5.46. The van der Waals surface area contributed by atoms with Crippen molar-refractivity contribution in [1.82, 2.24) is 4.98 Å². The SMILES string of the molecule is N#Cc1ccc(NC(=O)CCC(=O)O)cn1. The van der Waals surface area contributed by atoms with Crippen molar-refractivity contribution >= 4 is 17.6 Å². The molecule has 6 heteroatoms. The monoisotopic (exact) mass is 219 g/mol. The van der Waals surface area contributed by atoms with Gasteiger partial charge in [0.25, 0.3) is 0 Å². The lowest BCUT2D eigenvalue weighted by molar-refractivity contribution is -0.138. The van der Waals surface area contributed by atoms with Gasteiger partial charge in [-0.2, -0.15) is 5.26 Å². The van der Waals surface area contributed by atoms with Gasteiger partial charge < -0.3 is 10.4 Å². The fourth-order valence-corrected chi connectivity index (χ4v) is 0.978. The quantitative estimate of drug-likeness (QED) is 0.777. The molecule has 82 valence electrons. The third-order valence-corrected chi connectivity index (χ3v) is 1.73. The summed E-state index contributed by atoms with van der Waals surface area (Å²) in [6, 6.07) is 4.84. The minimum Gasteiger partial charge on any atom is -0.481 e. The Labute approximate surface area is 91.5 Å². The van der Waals surface area contributed by atoms with E-state index in [0.29, 0.717) is 5.69 Å². The van der Waals surface area contributed by atoms with Gasteiger partial charge in [0, 0.05) is 6.42 Å². The van der Waals surface area contributed by atoms with Crippen LogP contribution in [0.3, 0.4) is 0 Å². The normalized spacial score (nSPS) is 9.19. The average Bonchev–Trinajstić information content (AvgIpc) is 2.27. The summed E-state index contributed by atoms with van der Waals surface area (Å²) in [6.45, 7) is 0. The zero-order valence-electron chi connectivity index (χ0n) is 8.30. The summed E-state index contributed by atoms with van der Waals surface area (Å²) < 4.78 is 0. The molecular formula is C10H9N3O3. The number of aliphatic carboxylic acids is 1. The highest BCUT2D eigenvalue weighted by molar-refractivity contribution is 5.92. The minimum atomic E-state index is -1.02. The Morgan fingerprint density at radius 3 is 2.69 bits per heavy atom. The number of carbonyl (C=O) groups is 2. The molecule has 16 heavy (non-hydrogen) atoms. The maximum Gasteiger partial charge on any atom is 0.303 e. The van der Waals surface area contributed by atoms with Crippen molar-refractivity contribution in [2.24, 2.45) is 0 Å². The molecule has 0 spiro atoms. The zero-order chi connectivity index (χ0) is 12.0. The van der Waals surface area contributed by atoms with Gasteiger partial charge in [-0.1, -0.05) is 0 Å². The lowest BCUT2D eigenvalue weighted by Crippen LogP contribution is -2.13. The van der Waals surface area contributed by atoms with E-state index in [1.807, 2.05) is 6.07 Å². The Bertz CT molecular complexity index is 434. The van der Waals surface area contributed by atoms with Gasteiger partial charge in [-0.25, -0.2) is 4.98 Å². The van der Waals surface area contributed by atoms with Crippen molar-refractivity contribution < 1.29 is 14.7 Å². The largest absolute Gasteiger partial charge is 0.481 e. The van der Waals surface area contributed by atoms with Gasteiger partial charge in [-0.05, 0) is 12.1 Å². The molecule has 0 aliphatic carbocycles. The molecule has 1 rings (SSSR count). The Morgan fingerprint density at radius 2 is 2.19 bits per heavy atom. The summed E-state index contributed by atoms with van der Waals surface area (Å²) in [7, 11) is 0. The molecular weight excluding hydrogens is 210 g/mol. The zero-order valence-corrected chi connectivity index (χ0v) is 8.30. The number of amides is 1. The van der Waals surface area contributed by atoms with Crippen molar-refractivity contribution in [1.29, 1.82) is 5.26 Å². The van der Waals surface area contributed by atoms with Gasteiger partial charge in [0.05, 0.1) is 18.3 Å². The fourth-order valence-electron chi connectivity index (χ4n) is 0.978. The standard InChI is InChI=1S/C10H9N3O3/c11-5-7-1-2-8(6-12-7)13-9(14)3-4-10(15)16/h1-2,6H,3-4H2,(H,13,14)(H,15,16). The van der Waals surface area contributed by atoms with E-state index < -0.39 is 11.9 Å². The molecule has 0 atom stereocenters. The molecule has 0 fully saturated rings. The molecule has 6 nitrogen and oxygen atoms in total. The predicted molar refractivity (Wildman–Crippen MR) is 54.5 cm³/mol. The average molecular weight is 219 g/mol. The molecule has 0 radical (unpaired) electrons. The van der Waals surface area contributed by atoms with Gasteiger partial charge in [0.2, 0.25) is 5.91 Å². The molecule has 0 aliphatic heterocycles. The van der Waals surface area contributed by atoms with Crippen LogP contribution in [0, 0.1) is 11.3 Å². The number of carbonyl (C=O) groups excluding carboxylic acids is 1. The van der Waals surface area contributed by atoms with Crippen molar-refractivity contribution in [3.05, 3.63) is 24.0 Å². The minimum absolute atomic E-state index is 0.0880. The van der Waals surface area contributed by atoms with E-state index in [1.165, 1.54) is 18.3 Å². The molecule has 0 saturated heterocycles. The summed E-state index contributed by atoms with van der Waals surface area (Å²) in [4.78, 5) is 25.2. The van der Waals surface area contributed by atoms with Crippen molar-refractivity contribution in [3.63, 3.8) is 0 Å². The second-order valence-electron chi connectivity index (χ2n) is 2.99. The second-order valence-corrected chi connectivity index (χ2v) is 2.99. The number of carboxylic acid groups (broad SMARTS) is 1. The third kappa shape index (κ3) is 3.75. The molecule has 1 aromatic heterocycles. The van der Waals surface area contributed by atoms with Crippen molar-refractivity contribution in [2.75, 3.05) is 5.32 Å². The molecule has 0 aliphatic rings. The van der Waals surface area contributed by atoms with Crippen molar-refractivity contribution in [2.45, 2.75) is 12.8 Å². The number of hydrogen-bond donors (Lipinski definition) is 2. The summed E-state index contributed by atoms with van der Waals surface area (Å²) in [6.07, 6.45) is 1.04. The maximum absolute atomic E-state index is 11.2. The lowest BCUT2D eigenvalue weighted by Gasteiger charge is -2.02. The van der Waals surface area contributed by atoms with E-state index in [-0.39, 0.29) is 18.5 Å². The summed E-state index contributed by atoms with van der Waals surface area (Å²) in [5.41, 5.74) is 0.693. The van der Waals surface area contributed by atoms with Crippen LogP contribution in [-0.4, -0.2) is 22.0 Å². The molecule has 0 aromatic carbocycles. The van der Waals surface area contributed by atoms with Crippen LogP contribution in [0.25, 0.3) is 0 Å². The summed E-state index contributed by atoms with van der Waals surface area (Å²) in [5, 5.41) is 19.3. The number of carboxylic acids is 1. The molecule has 0 bridgehead atoms. The number of rotatable bonds is 4. The highest BCUT2D eigenvalue weighted by Gasteiger charge is 2.05. The topological polar surface area (TPSA) is 103 Å². The first-order valence-corrected chi connectivity index (χ1v) is 4.49. The van der Waals surface area contributed by atoms with Crippen molar-refractivity contribution in [3.8, 4) is 6.07 Å². The van der Waals surface area contributed by atoms with E-state index in [2.05, 4.69) is 10.3 Å². The van der Waals surface area contributed by atoms with Crippen LogP contribution in [0.2, 0.25) is 0 Å². The van der Waals surface area contributed by atoms with E-state index in [4.69, 9.17) is 10.4 Å². The van der Waals surface area contributed by atoms with Gasteiger partial charge in [-0.15, -0.1) is 0 Å². The van der Waals surface area contributed by atoms with Crippen LogP contribution < -0.4 is 5.32 Å². The van der Waals surface area contributed by atoms with Gasteiger partial charge >= 0.3 is 5.97 Å². The third-order valence-electron chi connectivity index (χ3n) is 1.73. The lowest BCUT2D eigenvalue weighted by atomic mass is 10.3. The summed E-state index contributed by atoms with van der Waals surface area (Å²) >= 11 is 0. The van der Waals surface area contributed by atoms with E-state index >= 15 is 0 Å². The van der Waals surface area contributed by atoms with Crippen LogP contribution in [0.15, 0.2) is 18.3 Å². The highest BCUT2D eigenvalue weighted by atomic mass is 16.4. The first kappa shape index (κ1) is 11.7. The molecule has 1 aromatic rings. The van der Waals surface area contributed by atoms with E-state index in [0.717, 1.165) is 0 Å². The van der Waals surface area contributed by atoms with Crippen LogP contribution in [0.4, 0.5) is 5.69 Å². The maximum atomic E-state index is 11.2. The van der Waals surface area contributed by atoms with Crippen LogP contribution in [-0.2, 0) is 9.59 Å². The molecule has 0 saturated carbocycles. The Hall–Kier alpha value is -2.42. The Balaban J connectivity index is 2.50. The van der Waals surface area contributed by atoms with Gasteiger partial charge in [-0.3, -0.25) is 9.59 Å². The molecule has 1 amide bonds. The number of pyridine rings is 1. The molecule has 2 N–H and O–H groups in total. The Kier molecular flexibility index (Phi) is 3.98. The number of nitrogens with one attached hydrogen (secondary N) is 1. The van der Waals surface area contributed by atoms with Crippen LogP contribution in [0.5, 0.6) is 0 Å². The predicted octanol–water partition coefficient (Wildman–Crippen LogP) is 0.757. The fraction of sp³-hybridized carbons (Fsp3) is 0.200.